The summed E-state index contributed by atoms with van der Waals surface area (Å²) in [4.78, 5) is 27.8. The summed E-state index contributed by atoms with van der Waals surface area (Å²) >= 11 is 1.51. The number of fused-ring (bicyclic) bond motifs is 2. The molecule has 0 saturated carbocycles. The van der Waals surface area contributed by atoms with Crippen molar-refractivity contribution in [3.05, 3.63) is 84.4 Å². The lowest BCUT2D eigenvalue weighted by Crippen LogP contribution is -2.37. The van der Waals surface area contributed by atoms with Crippen molar-refractivity contribution in [1.29, 1.82) is 0 Å². The minimum atomic E-state index is -0.0864. The first kappa shape index (κ1) is 23.9. The SMILES string of the molecule is CCOc1ccc2nc(N(CCN(C)C)C(=O)c3cc(-c4ccccc4)nc4ccccc34)sc2c1. The van der Waals surface area contributed by atoms with Gasteiger partial charge in [-0.1, -0.05) is 59.9 Å². The first-order valence-corrected chi connectivity index (χ1v) is 12.8. The zero-order chi connectivity index (χ0) is 25.1. The molecule has 0 unspecified atom stereocenters. The van der Waals surface area contributed by atoms with Gasteiger partial charge in [0.1, 0.15) is 5.75 Å². The highest BCUT2D eigenvalue weighted by molar-refractivity contribution is 7.22. The van der Waals surface area contributed by atoms with Crippen molar-refractivity contribution in [3.63, 3.8) is 0 Å². The lowest BCUT2D eigenvalue weighted by molar-refractivity contribution is 0.0986. The van der Waals surface area contributed by atoms with Crippen molar-refractivity contribution in [1.82, 2.24) is 14.9 Å². The summed E-state index contributed by atoms with van der Waals surface area (Å²) in [5.74, 6) is 0.718. The van der Waals surface area contributed by atoms with Crippen LogP contribution >= 0.6 is 11.3 Å². The average molecular weight is 497 g/mol. The molecule has 0 fully saturated rings. The molecular weight excluding hydrogens is 468 g/mol. The van der Waals surface area contributed by atoms with Gasteiger partial charge in [0.25, 0.3) is 5.91 Å². The second-order valence-corrected chi connectivity index (χ2v) is 9.77. The summed E-state index contributed by atoms with van der Waals surface area (Å²) in [6.45, 7) is 3.79. The largest absolute Gasteiger partial charge is 0.494 e. The highest BCUT2D eigenvalue weighted by Gasteiger charge is 2.24. The third-order valence-corrected chi connectivity index (χ3v) is 6.96. The van der Waals surface area contributed by atoms with E-state index in [0.29, 0.717) is 30.4 Å². The van der Waals surface area contributed by atoms with Crippen LogP contribution < -0.4 is 9.64 Å². The molecule has 0 radical (unpaired) electrons. The van der Waals surface area contributed by atoms with E-state index in [2.05, 4.69) is 4.90 Å². The first-order valence-electron chi connectivity index (χ1n) is 12.0. The molecule has 36 heavy (non-hydrogen) atoms. The van der Waals surface area contributed by atoms with Crippen LogP contribution in [-0.2, 0) is 0 Å². The van der Waals surface area contributed by atoms with Gasteiger partial charge in [0, 0.05) is 24.0 Å². The molecule has 0 aliphatic carbocycles. The summed E-state index contributed by atoms with van der Waals surface area (Å²) in [6, 6.07) is 25.5. The lowest BCUT2D eigenvalue weighted by atomic mass is 10.0. The maximum Gasteiger partial charge on any atom is 0.260 e. The molecule has 182 valence electrons. The van der Waals surface area contributed by atoms with E-state index in [1.807, 2.05) is 99.9 Å². The molecule has 0 aliphatic heterocycles. The number of likely N-dealkylation sites (N-methyl/N-ethyl adjacent to an activating group) is 1. The fraction of sp³-hybridized carbons (Fsp3) is 0.207. The van der Waals surface area contributed by atoms with Gasteiger partial charge in [-0.25, -0.2) is 9.97 Å². The highest BCUT2D eigenvalue weighted by Crippen LogP contribution is 2.33. The van der Waals surface area contributed by atoms with Gasteiger partial charge < -0.3 is 9.64 Å². The lowest BCUT2D eigenvalue weighted by Gasteiger charge is -2.23. The molecule has 2 aromatic heterocycles. The number of anilines is 1. The molecule has 6 nitrogen and oxygen atoms in total. The van der Waals surface area contributed by atoms with E-state index in [0.717, 1.165) is 38.1 Å². The first-order chi connectivity index (χ1) is 17.5. The van der Waals surface area contributed by atoms with Crippen LogP contribution in [0, 0.1) is 0 Å². The van der Waals surface area contributed by atoms with Crippen LogP contribution in [0.5, 0.6) is 5.75 Å². The van der Waals surface area contributed by atoms with Gasteiger partial charge in [0.15, 0.2) is 5.13 Å². The number of para-hydroxylation sites is 1. The summed E-state index contributed by atoms with van der Waals surface area (Å²) < 4.78 is 6.66. The van der Waals surface area contributed by atoms with E-state index < -0.39 is 0 Å². The number of benzene rings is 3. The Kier molecular flexibility index (Phi) is 6.93. The van der Waals surface area contributed by atoms with Crippen molar-refractivity contribution in [2.45, 2.75) is 6.92 Å². The molecule has 0 spiro atoms. The van der Waals surface area contributed by atoms with E-state index in [1.165, 1.54) is 11.3 Å². The van der Waals surface area contributed by atoms with Gasteiger partial charge in [-0.15, -0.1) is 0 Å². The molecule has 3 aromatic carbocycles. The summed E-state index contributed by atoms with van der Waals surface area (Å²) in [5.41, 5.74) is 4.01. The van der Waals surface area contributed by atoms with Gasteiger partial charge in [-0.05, 0) is 51.4 Å². The predicted molar refractivity (Wildman–Crippen MR) is 148 cm³/mol. The van der Waals surface area contributed by atoms with Gasteiger partial charge in [0.05, 0.1) is 33.6 Å². The number of carbonyl (C=O) groups excluding carboxylic acids is 1. The van der Waals surface area contributed by atoms with Crippen LogP contribution in [0.2, 0.25) is 0 Å². The number of ether oxygens (including phenoxy) is 1. The third kappa shape index (κ3) is 4.94. The molecule has 5 aromatic rings. The predicted octanol–water partition coefficient (Wildman–Crippen LogP) is 6.12. The number of hydrogen-bond acceptors (Lipinski definition) is 6. The smallest absolute Gasteiger partial charge is 0.260 e. The molecule has 0 N–H and O–H groups in total. The Morgan fingerprint density at radius 1 is 0.889 bits per heavy atom. The monoisotopic (exact) mass is 496 g/mol. The van der Waals surface area contributed by atoms with Crippen molar-refractivity contribution in [2.24, 2.45) is 0 Å². The van der Waals surface area contributed by atoms with Gasteiger partial charge in [-0.2, -0.15) is 0 Å². The highest BCUT2D eigenvalue weighted by atomic mass is 32.1. The van der Waals surface area contributed by atoms with E-state index in [-0.39, 0.29) is 5.91 Å². The van der Waals surface area contributed by atoms with Crippen LogP contribution in [-0.4, -0.2) is 54.6 Å². The quantitative estimate of drug-likeness (QED) is 0.259. The molecule has 0 bridgehead atoms. The molecule has 0 atom stereocenters. The molecule has 2 heterocycles. The molecule has 5 rings (SSSR count). The van der Waals surface area contributed by atoms with Crippen molar-refractivity contribution >= 4 is 43.5 Å². The summed E-state index contributed by atoms with van der Waals surface area (Å²) in [6.07, 6.45) is 0. The van der Waals surface area contributed by atoms with Crippen molar-refractivity contribution in [3.8, 4) is 17.0 Å². The number of rotatable bonds is 8. The Morgan fingerprint density at radius 2 is 1.67 bits per heavy atom. The normalized spacial score (nSPS) is 11.3. The number of nitrogens with zero attached hydrogens (tertiary/aromatic N) is 4. The minimum absolute atomic E-state index is 0.0864. The minimum Gasteiger partial charge on any atom is -0.494 e. The van der Waals surface area contributed by atoms with Gasteiger partial charge in [0.2, 0.25) is 0 Å². The van der Waals surface area contributed by atoms with Crippen LogP contribution in [0.3, 0.4) is 0 Å². The molecule has 1 amide bonds. The number of amides is 1. The molecular formula is C29H28N4O2S. The third-order valence-electron chi connectivity index (χ3n) is 5.92. The zero-order valence-electron chi connectivity index (χ0n) is 20.6. The fourth-order valence-electron chi connectivity index (χ4n) is 4.10. The second kappa shape index (κ2) is 10.4. The van der Waals surface area contributed by atoms with Gasteiger partial charge >= 0.3 is 0 Å². The van der Waals surface area contributed by atoms with E-state index in [9.17, 15) is 4.79 Å². The maximum absolute atomic E-state index is 14.2. The molecule has 7 heteroatoms. The Balaban J connectivity index is 1.62. The Labute approximate surface area is 214 Å². The van der Waals surface area contributed by atoms with Gasteiger partial charge in [-0.3, -0.25) is 9.69 Å². The van der Waals surface area contributed by atoms with Crippen LogP contribution in [0.25, 0.3) is 32.4 Å². The van der Waals surface area contributed by atoms with Crippen LogP contribution in [0.15, 0.2) is 78.9 Å². The number of carbonyl (C=O) groups is 1. The van der Waals surface area contributed by atoms with E-state index in [1.54, 1.807) is 4.90 Å². The number of aromatic nitrogens is 2. The average Bonchev–Trinajstić information content (AvgIpc) is 3.31. The number of thiazole rings is 1. The molecule has 0 aliphatic rings. The summed E-state index contributed by atoms with van der Waals surface area (Å²) in [7, 11) is 4.01. The molecule has 0 saturated heterocycles. The van der Waals surface area contributed by atoms with Crippen LogP contribution in [0.4, 0.5) is 5.13 Å². The zero-order valence-corrected chi connectivity index (χ0v) is 21.5. The topological polar surface area (TPSA) is 58.6 Å². The Morgan fingerprint density at radius 3 is 2.44 bits per heavy atom. The standard InChI is InChI=1S/C29H28N4O2S/c1-4-35-21-14-15-25-27(18-21)36-29(31-25)33(17-16-32(2)3)28(34)23-19-26(20-10-6-5-7-11-20)30-24-13-9-8-12-22(23)24/h5-15,18-19H,4,16-17H2,1-3H3. The van der Waals surface area contributed by atoms with Crippen LogP contribution in [0.1, 0.15) is 17.3 Å². The number of pyridine rings is 1. The Hall–Kier alpha value is -3.81. The number of hydrogen-bond donors (Lipinski definition) is 0. The Bertz CT molecular complexity index is 1510. The maximum atomic E-state index is 14.2. The van der Waals surface area contributed by atoms with Crippen molar-refractivity contribution in [2.75, 3.05) is 38.7 Å². The van der Waals surface area contributed by atoms with Crippen molar-refractivity contribution < 1.29 is 9.53 Å². The van der Waals surface area contributed by atoms with E-state index >= 15 is 0 Å². The van der Waals surface area contributed by atoms with E-state index in [4.69, 9.17) is 14.7 Å². The second-order valence-electron chi connectivity index (χ2n) is 8.76. The summed E-state index contributed by atoms with van der Waals surface area (Å²) in [5, 5.41) is 1.50. The fourth-order valence-corrected chi connectivity index (χ4v) is 5.12.